The van der Waals surface area contributed by atoms with Gasteiger partial charge in [-0.1, -0.05) is 12.8 Å². The zero-order valence-corrected chi connectivity index (χ0v) is 13.5. The monoisotopic (exact) mass is 296 g/mol. The average molecular weight is 297 g/mol. The lowest BCUT2D eigenvalue weighted by molar-refractivity contribution is -0.0912. The summed E-state index contributed by atoms with van der Waals surface area (Å²) in [6, 6.07) is 0.477. The molecule has 0 N–H and O–H groups in total. The van der Waals surface area contributed by atoms with Crippen LogP contribution >= 0.6 is 11.6 Å². The quantitative estimate of drug-likeness (QED) is 0.753. The lowest BCUT2D eigenvalue weighted by Gasteiger charge is -2.38. The van der Waals surface area contributed by atoms with Crippen molar-refractivity contribution >= 4 is 11.6 Å². The standard InChI is InChI=1S/C16H25ClN2O/c1-11(17)15-12(2)18-19(13(15)3)14-6-9-20-16(10-14)7-4-5-8-16/h11,14H,4-10H2,1-3H3. The van der Waals surface area contributed by atoms with Crippen LogP contribution in [0.4, 0.5) is 0 Å². The Hall–Kier alpha value is -0.540. The molecule has 4 heteroatoms. The molecule has 2 aliphatic rings. The van der Waals surface area contributed by atoms with Crippen LogP contribution in [-0.4, -0.2) is 22.0 Å². The number of hydrogen-bond acceptors (Lipinski definition) is 2. The van der Waals surface area contributed by atoms with E-state index >= 15 is 0 Å². The van der Waals surface area contributed by atoms with Gasteiger partial charge in [0, 0.05) is 17.9 Å². The summed E-state index contributed by atoms with van der Waals surface area (Å²) in [6.45, 7) is 7.13. The van der Waals surface area contributed by atoms with E-state index in [1.807, 2.05) is 6.92 Å². The molecule has 0 bridgehead atoms. The summed E-state index contributed by atoms with van der Waals surface area (Å²) in [7, 11) is 0. The molecule has 112 valence electrons. The van der Waals surface area contributed by atoms with Crippen molar-refractivity contribution in [1.29, 1.82) is 0 Å². The van der Waals surface area contributed by atoms with E-state index in [1.54, 1.807) is 0 Å². The molecule has 1 aliphatic carbocycles. The highest BCUT2D eigenvalue weighted by Crippen LogP contribution is 2.44. The van der Waals surface area contributed by atoms with E-state index < -0.39 is 0 Å². The summed E-state index contributed by atoms with van der Waals surface area (Å²) >= 11 is 6.31. The van der Waals surface area contributed by atoms with E-state index in [0.717, 1.165) is 25.1 Å². The summed E-state index contributed by atoms with van der Waals surface area (Å²) in [4.78, 5) is 0. The Labute approximate surface area is 126 Å². The van der Waals surface area contributed by atoms with Crippen LogP contribution in [0.5, 0.6) is 0 Å². The Morgan fingerprint density at radius 1 is 1.35 bits per heavy atom. The maximum absolute atomic E-state index is 6.31. The molecule has 1 saturated carbocycles. The second-order valence-electron chi connectivity index (χ2n) is 6.53. The minimum atomic E-state index is 0.0315. The number of ether oxygens (including phenoxy) is 1. The minimum Gasteiger partial charge on any atom is -0.375 e. The van der Waals surface area contributed by atoms with E-state index in [1.165, 1.54) is 36.9 Å². The van der Waals surface area contributed by atoms with Crippen LogP contribution in [0.25, 0.3) is 0 Å². The topological polar surface area (TPSA) is 27.1 Å². The van der Waals surface area contributed by atoms with Crippen molar-refractivity contribution in [3.8, 4) is 0 Å². The van der Waals surface area contributed by atoms with Crippen LogP contribution in [0, 0.1) is 13.8 Å². The van der Waals surface area contributed by atoms with Gasteiger partial charge in [-0.25, -0.2) is 0 Å². The van der Waals surface area contributed by atoms with Crippen LogP contribution in [0.15, 0.2) is 0 Å². The maximum Gasteiger partial charge on any atom is 0.0703 e. The van der Waals surface area contributed by atoms with Crippen molar-refractivity contribution in [3.05, 3.63) is 17.0 Å². The summed E-state index contributed by atoms with van der Waals surface area (Å²) in [5, 5.41) is 4.82. The number of aryl methyl sites for hydroxylation is 1. The normalized spacial score (nSPS) is 27.1. The molecule has 1 aliphatic heterocycles. The third kappa shape index (κ3) is 2.39. The lowest BCUT2D eigenvalue weighted by atomic mass is 9.89. The Morgan fingerprint density at radius 3 is 2.65 bits per heavy atom. The molecule has 0 aromatic carbocycles. The van der Waals surface area contributed by atoms with E-state index in [9.17, 15) is 0 Å². The van der Waals surface area contributed by atoms with Gasteiger partial charge in [-0.15, -0.1) is 11.6 Å². The Morgan fingerprint density at radius 2 is 2.05 bits per heavy atom. The first-order chi connectivity index (χ1) is 9.52. The number of hydrogen-bond donors (Lipinski definition) is 0. The number of aromatic nitrogens is 2. The highest BCUT2D eigenvalue weighted by Gasteiger charge is 2.41. The molecule has 20 heavy (non-hydrogen) atoms. The number of halogens is 1. The van der Waals surface area contributed by atoms with Crippen molar-refractivity contribution in [2.24, 2.45) is 0 Å². The molecule has 1 aromatic heterocycles. The van der Waals surface area contributed by atoms with E-state index in [0.29, 0.717) is 6.04 Å². The molecule has 0 radical (unpaired) electrons. The fourth-order valence-electron chi connectivity index (χ4n) is 4.19. The van der Waals surface area contributed by atoms with Gasteiger partial charge < -0.3 is 4.74 Å². The fourth-order valence-corrected chi connectivity index (χ4v) is 4.50. The Kier molecular flexibility index (Phi) is 3.85. The van der Waals surface area contributed by atoms with Crippen LogP contribution in [0.1, 0.15) is 73.8 Å². The van der Waals surface area contributed by atoms with Crippen LogP contribution in [-0.2, 0) is 4.74 Å². The number of rotatable bonds is 2. The summed E-state index contributed by atoms with van der Waals surface area (Å²) in [5.74, 6) is 0. The predicted octanol–water partition coefficient (Wildman–Crippen LogP) is 4.46. The molecule has 3 rings (SSSR count). The zero-order valence-electron chi connectivity index (χ0n) is 12.8. The molecule has 2 heterocycles. The average Bonchev–Trinajstić information content (AvgIpc) is 2.95. The highest BCUT2D eigenvalue weighted by molar-refractivity contribution is 6.20. The van der Waals surface area contributed by atoms with Gasteiger partial charge in [-0.3, -0.25) is 4.68 Å². The largest absolute Gasteiger partial charge is 0.375 e. The zero-order chi connectivity index (χ0) is 14.3. The third-order valence-electron chi connectivity index (χ3n) is 5.11. The molecular formula is C16H25ClN2O. The van der Waals surface area contributed by atoms with Gasteiger partial charge in [-0.2, -0.15) is 5.10 Å². The van der Waals surface area contributed by atoms with Crippen LogP contribution in [0.3, 0.4) is 0 Å². The van der Waals surface area contributed by atoms with Gasteiger partial charge in [0.15, 0.2) is 0 Å². The van der Waals surface area contributed by atoms with E-state index in [4.69, 9.17) is 21.4 Å². The van der Waals surface area contributed by atoms with Crippen LogP contribution < -0.4 is 0 Å². The molecule has 1 saturated heterocycles. The van der Waals surface area contributed by atoms with Crippen molar-refractivity contribution in [1.82, 2.24) is 9.78 Å². The van der Waals surface area contributed by atoms with Gasteiger partial charge in [0.05, 0.1) is 22.7 Å². The molecule has 2 unspecified atom stereocenters. The first-order valence-electron chi connectivity index (χ1n) is 7.86. The molecule has 0 amide bonds. The third-order valence-corrected chi connectivity index (χ3v) is 5.32. The van der Waals surface area contributed by atoms with Crippen molar-refractivity contribution in [2.45, 2.75) is 76.3 Å². The Bertz CT molecular complexity index is 489. The minimum absolute atomic E-state index is 0.0315. The highest BCUT2D eigenvalue weighted by atomic mass is 35.5. The Balaban J connectivity index is 1.87. The van der Waals surface area contributed by atoms with Crippen molar-refractivity contribution < 1.29 is 4.74 Å². The second kappa shape index (κ2) is 5.34. The lowest BCUT2D eigenvalue weighted by Crippen LogP contribution is -2.38. The molecule has 3 nitrogen and oxygen atoms in total. The van der Waals surface area contributed by atoms with Gasteiger partial charge in [0.25, 0.3) is 0 Å². The molecule has 1 aromatic rings. The van der Waals surface area contributed by atoms with Gasteiger partial charge >= 0.3 is 0 Å². The number of alkyl halides is 1. The second-order valence-corrected chi connectivity index (χ2v) is 7.18. The van der Waals surface area contributed by atoms with Gasteiger partial charge in [0.1, 0.15) is 0 Å². The van der Waals surface area contributed by atoms with E-state index in [-0.39, 0.29) is 11.0 Å². The van der Waals surface area contributed by atoms with Crippen LogP contribution in [0.2, 0.25) is 0 Å². The summed E-state index contributed by atoms with van der Waals surface area (Å²) < 4.78 is 8.36. The fraction of sp³-hybridized carbons (Fsp3) is 0.812. The predicted molar refractivity (Wildman–Crippen MR) is 81.4 cm³/mol. The van der Waals surface area contributed by atoms with E-state index in [2.05, 4.69) is 18.5 Å². The number of nitrogens with zero attached hydrogens (tertiary/aromatic N) is 2. The maximum atomic E-state index is 6.31. The van der Waals surface area contributed by atoms with Crippen molar-refractivity contribution in [2.75, 3.05) is 6.61 Å². The van der Waals surface area contributed by atoms with Crippen molar-refractivity contribution in [3.63, 3.8) is 0 Å². The first-order valence-corrected chi connectivity index (χ1v) is 8.30. The molecule has 2 fully saturated rings. The van der Waals surface area contributed by atoms with Gasteiger partial charge in [-0.05, 0) is 46.5 Å². The smallest absolute Gasteiger partial charge is 0.0703 e. The first kappa shape index (κ1) is 14.4. The summed E-state index contributed by atoms with van der Waals surface area (Å²) in [6.07, 6.45) is 7.26. The molecule has 1 spiro atoms. The molecular weight excluding hydrogens is 272 g/mol. The SMILES string of the molecule is Cc1nn(C2CCOC3(CCCC3)C2)c(C)c1C(C)Cl. The molecule has 2 atom stereocenters. The van der Waals surface area contributed by atoms with Gasteiger partial charge in [0.2, 0.25) is 0 Å². The summed E-state index contributed by atoms with van der Waals surface area (Å²) in [5.41, 5.74) is 3.67.